The van der Waals surface area contributed by atoms with Gasteiger partial charge in [0.2, 0.25) is 0 Å². The van der Waals surface area contributed by atoms with Crippen LogP contribution < -0.4 is 0 Å². The summed E-state index contributed by atoms with van der Waals surface area (Å²) in [6.45, 7) is 9.15. The van der Waals surface area contributed by atoms with Crippen molar-refractivity contribution in [3.63, 3.8) is 0 Å². The molecule has 108 valence electrons. The van der Waals surface area contributed by atoms with Gasteiger partial charge in [-0.05, 0) is 60.7 Å². The first-order valence-corrected chi connectivity index (χ1v) is 8.25. The molecule has 1 saturated heterocycles. The average Bonchev–Trinajstić information content (AvgIpc) is 2.17. The van der Waals surface area contributed by atoms with E-state index in [-0.39, 0.29) is 0 Å². The molecule has 1 N–H and O–H groups in total. The Bertz CT molecular complexity index is 369. The van der Waals surface area contributed by atoms with Gasteiger partial charge >= 0.3 is 0 Å². The molecule has 0 aromatic heterocycles. The summed E-state index contributed by atoms with van der Waals surface area (Å²) in [6, 6.07) is 0. The summed E-state index contributed by atoms with van der Waals surface area (Å²) >= 11 is 0. The molecule has 4 aliphatic carbocycles. The summed E-state index contributed by atoms with van der Waals surface area (Å²) in [5.74, 6) is 1.58. The molecule has 1 heterocycles. The molecular weight excluding hydrogens is 234 g/mol. The van der Waals surface area contributed by atoms with Crippen LogP contribution in [0.1, 0.15) is 52.4 Å². The monoisotopic (exact) mass is 263 g/mol. The van der Waals surface area contributed by atoms with E-state index in [2.05, 4.69) is 18.7 Å². The third-order valence-electron chi connectivity index (χ3n) is 6.59. The number of hydrogen-bond acceptors (Lipinski definition) is 2. The predicted octanol–water partition coefficient (Wildman–Crippen LogP) is 2.91. The number of likely N-dealkylation sites (tertiary alicyclic amines) is 1. The SMILES string of the molecule is CC12CC3CC(C)(C1)CC(CN1CC(CO)C1)(C3)C2. The highest BCUT2D eigenvalue weighted by molar-refractivity contribution is 5.11. The number of aliphatic hydroxyl groups excluding tert-OH is 1. The summed E-state index contributed by atoms with van der Waals surface area (Å²) in [5, 5.41) is 9.19. The molecule has 0 amide bonds. The van der Waals surface area contributed by atoms with Crippen LogP contribution in [-0.2, 0) is 0 Å². The van der Waals surface area contributed by atoms with Crippen LogP contribution in [0.25, 0.3) is 0 Å². The topological polar surface area (TPSA) is 23.5 Å². The minimum atomic E-state index is 0.390. The lowest BCUT2D eigenvalue weighted by Gasteiger charge is -2.66. The van der Waals surface area contributed by atoms with Gasteiger partial charge in [0, 0.05) is 32.2 Å². The van der Waals surface area contributed by atoms with E-state index < -0.39 is 0 Å². The van der Waals surface area contributed by atoms with Gasteiger partial charge in [0.15, 0.2) is 0 Å². The van der Waals surface area contributed by atoms with Crippen molar-refractivity contribution < 1.29 is 5.11 Å². The van der Waals surface area contributed by atoms with Gasteiger partial charge in [-0.25, -0.2) is 0 Å². The lowest BCUT2D eigenvalue weighted by Crippen LogP contribution is -2.60. The molecule has 19 heavy (non-hydrogen) atoms. The summed E-state index contributed by atoms with van der Waals surface area (Å²) in [5.41, 5.74) is 1.92. The van der Waals surface area contributed by atoms with Crippen molar-refractivity contribution in [2.45, 2.75) is 52.4 Å². The maximum atomic E-state index is 9.19. The molecule has 0 aromatic carbocycles. The molecule has 1 aliphatic heterocycles. The number of hydrogen-bond donors (Lipinski definition) is 1. The highest BCUT2D eigenvalue weighted by Gasteiger charge is 2.60. The molecular formula is C17H29NO. The van der Waals surface area contributed by atoms with Crippen LogP contribution in [0.2, 0.25) is 0 Å². The highest BCUT2D eigenvalue weighted by atomic mass is 16.3. The number of rotatable bonds is 3. The van der Waals surface area contributed by atoms with E-state index in [1.165, 1.54) is 45.1 Å². The fourth-order valence-electron chi connectivity index (χ4n) is 7.26. The zero-order chi connectivity index (χ0) is 13.3. The van der Waals surface area contributed by atoms with Gasteiger partial charge in [-0.15, -0.1) is 0 Å². The molecule has 2 atom stereocenters. The zero-order valence-electron chi connectivity index (χ0n) is 12.6. The molecule has 2 heteroatoms. The zero-order valence-corrected chi connectivity index (χ0v) is 12.6. The van der Waals surface area contributed by atoms with Crippen molar-refractivity contribution in [1.82, 2.24) is 4.90 Å². The fraction of sp³-hybridized carbons (Fsp3) is 1.00. The third kappa shape index (κ3) is 1.98. The van der Waals surface area contributed by atoms with Crippen molar-refractivity contribution in [2.75, 3.05) is 26.2 Å². The average molecular weight is 263 g/mol. The largest absolute Gasteiger partial charge is 0.396 e. The Kier molecular flexibility index (Phi) is 2.50. The summed E-state index contributed by atoms with van der Waals surface area (Å²) in [7, 11) is 0. The van der Waals surface area contributed by atoms with E-state index >= 15 is 0 Å². The summed E-state index contributed by atoms with van der Waals surface area (Å²) < 4.78 is 0. The van der Waals surface area contributed by atoms with Gasteiger partial charge in [-0.3, -0.25) is 0 Å². The van der Waals surface area contributed by atoms with Gasteiger partial charge in [-0.2, -0.15) is 0 Å². The molecule has 4 bridgehead atoms. The minimum absolute atomic E-state index is 0.390. The Morgan fingerprint density at radius 2 is 1.63 bits per heavy atom. The lowest BCUT2D eigenvalue weighted by molar-refractivity contribution is -0.160. The standard InChI is InChI=1S/C17H29NO/c1-15-3-13-4-16(2,9-15)11-17(5-13,10-15)12-18-6-14(7-18)8-19/h13-14,19H,3-12H2,1-2H3. The Hall–Kier alpha value is -0.0800. The highest BCUT2D eigenvalue weighted by Crippen LogP contribution is 2.69. The Morgan fingerprint density at radius 3 is 2.16 bits per heavy atom. The second-order valence-corrected chi connectivity index (χ2v) is 9.37. The Morgan fingerprint density at radius 1 is 1.00 bits per heavy atom. The molecule has 0 radical (unpaired) electrons. The van der Waals surface area contributed by atoms with Gasteiger partial charge in [0.1, 0.15) is 0 Å². The normalized spacial score (nSPS) is 53.5. The van der Waals surface area contributed by atoms with E-state index in [1.807, 2.05) is 0 Å². The van der Waals surface area contributed by atoms with Gasteiger partial charge in [0.05, 0.1) is 0 Å². The quantitative estimate of drug-likeness (QED) is 0.846. The van der Waals surface area contributed by atoms with Crippen LogP contribution in [0.3, 0.4) is 0 Å². The molecule has 5 rings (SSSR count). The summed E-state index contributed by atoms with van der Waals surface area (Å²) in [6.07, 6.45) is 8.95. The van der Waals surface area contributed by atoms with Gasteiger partial charge in [-0.1, -0.05) is 13.8 Å². The Labute approximate surface area is 117 Å². The second kappa shape index (κ2) is 3.76. The molecule has 0 spiro atoms. The van der Waals surface area contributed by atoms with Crippen molar-refractivity contribution in [2.24, 2.45) is 28.1 Å². The van der Waals surface area contributed by atoms with E-state index in [0.29, 0.717) is 28.8 Å². The maximum absolute atomic E-state index is 9.19. The van der Waals surface area contributed by atoms with Crippen LogP contribution >= 0.6 is 0 Å². The molecule has 0 aromatic rings. The first-order chi connectivity index (χ1) is 8.92. The van der Waals surface area contributed by atoms with Crippen molar-refractivity contribution in [1.29, 1.82) is 0 Å². The molecule has 2 unspecified atom stereocenters. The van der Waals surface area contributed by atoms with Gasteiger partial charge < -0.3 is 10.0 Å². The third-order valence-corrected chi connectivity index (χ3v) is 6.59. The predicted molar refractivity (Wildman–Crippen MR) is 76.9 cm³/mol. The van der Waals surface area contributed by atoms with E-state index in [0.717, 1.165) is 19.0 Å². The lowest BCUT2D eigenvalue weighted by atomic mass is 9.40. The van der Waals surface area contributed by atoms with Crippen molar-refractivity contribution in [3.05, 3.63) is 0 Å². The summed E-state index contributed by atoms with van der Waals surface area (Å²) in [4.78, 5) is 2.63. The van der Waals surface area contributed by atoms with Crippen LogP contribution in [0.4, 0.5) is 0 Å². The van der Waals surface area contributed by atoms with Crippen LogP contribution in [0, 0.1) is 28.1 Å². The number of nitrogens with zero attached hydrogens (tertiary/aromatic N) is 1. The first-order valence-electron chi connectivity index (χ1n) is 8.25. The van der Waals surface area contributed by atoms with E-state index in [9.17, 15) is 5.11 Å². The van der Waals surface area contributed by atoms with Crippen LogP contribution in [-0.4, -0.2) is 36.2 Å². The molecule has 4 saturated carbocycles. The minimum Gasteiger partial charge on any atom is -0.396 e. The Balaban J connectivity index is 1.51. The molecule has 5 fully saturated rings. The second-order valence-electron chi connectivity index (χ2n) is 9.37. The van der Waals surface area contributed by atoms with E-state index in [4.69, 9.17) is 0 Å². The van der Waals surface area contributed by atoms with E-state index in [1.54, 1.807) is 0 Å². The van der Waals surface area contributed by atoms with Crippen LogP contribution in [0.5, 0.6) is 0 Å². The van der Waals surface area contributed by atoms with Crippen molar-refractivity contribution in [3.8, 4) is 0 Å². The van der Waals surface area contributed by atoms with Gasteiger partial charge in [0.25, 0.3) is 0 Å². The van der Waals surface area contributed by atoms with Crippen LogP contribution in [0.15, 0.2) is 0 Å². The smallest absolute Gasteiger partial charge is 0.0483 e. The van der Waals surface area contributed by atoms with Crippen molar-refractivity contribution >= 4 is 0 Å². The molecule has 5 aliphatic rings. The maximum Gasteiger partial charge on any atom is 0.0483 e. The number of aliphatic hydroxyl groups is 1. The molecule has 2 nitrogen and oxygen atoms in total. The first kappa shape index (κ1) is 12.6. The fourth-order valence-corrected chi connectivity index (χ4v) is 7.26.